The number of nitrogens with zero attached hydrogens (tertiary/aromatic N) is 7. The van der Waals surface area contributed by atoms with E-state index in [1.165, 1.54) is 76.4 Å². The van der Waals surface area contributed by atoms with Crippen molar-refractivity contribution in [2.75, 3.05) is 58.8 Å². The number of carbonyl (C=O) groups excluding carboxylic acids is 4. The van der Waals surface area contributed by atoms with Gasteiger partial charge in [-0.3, -0.25) is 33.1 Å². The molecule has 0 bridgehead atoms. The number of ether oxygens (including phenoxy) is 9. The average molecular weight is 2000 g/mol. The molecule has 5 heterocycles. The molecule has 0 unspecified atom stereocenters. The van der Waals surface area contributed by atoms with Gasteiger partial charge in [-0.25, -0.2) is 60.9 Å². The number of aryl methyl sites for hydroxylation is 3. The number of esters is 3. The minimum atomic E-state index is -2.92. The first-order valence-electron chi connectivity index (χ1n) is 45.9. The SMILES string of the molecule is C=CC(=O)OCC.CC1(O[Si](C)(C)C)CC1.CCOC(=O)C=C1CC1.CCOC(=O)CC1(OCc2ccc(OC)cc2)CC1.CNc1ncnc(Cl)c1C=O.COc1ccc(COC2(c3cc4c(=O)[nH]cnc4n(C)c3=O)CC2)cc1.COc1ccc(COC2(c3cc4c(N[C@H](C)c5cccc(C(F)F)c5F)ncnc4n(C)c3=O)CC2)cc1.C[C@@H](N)c1cccc(C(F)F)c1F.Cc1ccc(CO)cc1. The number of aliphatic hydroxyl groups excluding tert-OH is 1. The smallest absolute Gasteiger partial charge is 0.330 e. The lowest BCUT2D eigenvalue weighted by molar-refractivity contribution is -0.147. The third-order valence-electron chi connectivity index (χ3n) is 22.5. The number of rotatable bonds is 32. The van der Waals surface area contributed by atoms with Gasteiger partial charge < -0.3 is 73.5 Å². The number of aldehydes is 1. The van der Waals surface area contributed by atoms with Crippen molar-refractivity contribution < 1.29 is 97.7 Å². The molecule has 5 aliphatic carbocycles. The number of pyridine rings is 2. The van der Waals surface area contributed by atoms with E-state index in [-0.39, 0.29) is 68.6 Å². The number of carbonyl (C=O) groups is 4. The van der Waals surface area contributed by atoms with Crippen LogP contribution in [0.1, 0.15) is 209 Å². The van der Waals surface area contributed by atoms with Crippen molar-refractivity contribution in [3.63, 3.8) is 0 Å². The molecule has 5 saturated carbocycles. The number of fused-ring (bicyclic) bond motifs is 2. The van der Waals surface area contributed by atoms with Crippen LogP contribution < -0.4 is 47.3 Å². The Bertz CT molecular complexity index is 6160. The minimum Gasteiger partial charge on any atom is -0.497 e. The first-order valence-corrected chi connectivity index (χ1v) is 49.6. The molecule has 0 aliphatic heterocycles. The number of hydrogen-bond acceptors (Lipinski definition) is 26. The van der Waals surface area contributed by atoms with Gasteiger partial charge in [-0.05, 0) is 203 Å². The predicted octanol–water partition coefficient (Wildman–Crippen LogP) is 20.0. The fraction of sp³-hybridized carbons (Fsp3) is 0.404. The lowest BCUT2D eigenvalue weighted by Gasteiger charge is -2.22. The van der Waals surface area contributed by atoms with Gasteiger partial charge >= 0.3 is 17.9 Å². The van der Waals surface area contributed by atoms with Crippen LogP contribution in [0.15, 0.2) is 203 Å². The Morgan fingerprint density at radius 1 is 0.596 bits per heavy atom. The molecule has 0 amide bonds. The number of aliphatic hydroxyl groups is 1. The second-order valence-corrected chi connectivity index (χ2v) is 39.5. The quantitative estimate of drug-likeness (QED) is 0.00497. The molecule has 29 nitrogen and oxygen atoms in total. The van der Waals surface area contributed by atoms with E-state index >= 15 is 0 Å². The van der Waals surface area contributed by atoms with E-state index in [0.29, 0.717) is 116 Å². The van der Waals surface area contributed by atoms with E-state index in [0.717, 1.165) is 96.2 Å². The standard InChI is InChI=1S/C28H27F3N4O3.C19H19N3O4.C15H20O4.C9H10F3N.C8H10O.C7H10O2.C7H16OSi.C6H6ClN3O.C5H8O2/c1-16(19-5-4-6-20(23(19)29)24(30)31)34-25-21-13-22(27(36)35(2)26(21)33-15-32-25)28(11-12-28)38-14-17-7-9-18(37-3)10-8-17;1-22-16-14(17(23)21-11-20-16)9-15(18(22)24)19(7-8-19)26-10-12-3-5-13(25-2)6-4-12;1-3-18-14(16)10-15(8-9-15)19-11-12-4-6-13(17-2)7-5-12;1-5(13)6-3-2-4-7(8(6)10)9(11)12;1-7-2-4-8(6-9)5-3-7;1-2-9-7(8)5-6-3-4-6;1-7(5-6-7)8-9(2,3)4;1-8-6-4(2-11)5(7)9-3-10-6;1-3-5(6)7-4-2/h4-10,13,15-16,24H,11-12,14H2,1-3H3,(H,32,33,34);3-6,9,11H,7-8,10H2,1-2H3,(H,20,21,23);4-7H,3,8-11H2,1-2H3;2-5,9H,13H2,1H3;2-5,9H,6H2,1H3;5H,2-4H2,1H3;5-6H2,1-4H3;2-3H,1H3,(H,8,9,10);3H,1,4H2,2H3/t16-;;;5-;;;;;/m1..1...../s1. The third kappa shape index (κ3) is 34.6. The summed E-state index contributed by atoms with van der Waals surface area (Å²) in [6, 6.07) is 40.6. The topological polar surface area (TPSA) is 372 Å². The maximum atomic E-state index is 14.8. The summed E-state index contributed by atoms with van der Waals surface area (Å²) in [5.74, 6) is 0.578. The van der Waals surface area contributed by atoms with Gasteiger partial charge in [0.25, 0.3) is 29.5 Å². The van der Waals surface area contributed by atoms with Gasteiger partial charge in [-0.2, -0.15) is 0 Å². The van der Waals surface area contributed by atoms with Crippen LogP contribution in [-0.4, -0.2) is 136 Å². The summed E-state index contributed by atoms with van der Waals surface area (Å²) < 4.78 is 135. The summed E-state index contributed by atoms with van der Waals surface area (Å²) in [6.07, 6.45) is 11.3. The molecule has 5 aliphatic rings. The van der Waals surface area contributed by atoms with E-state index < -0.39 is 67.2 Å². The molecule has 758 valence electrons. The van der Waals surface area contributed by atoms with Crippen LogP contribution in [0.3, 0.4) is 0 Å². The van der Waals surface area contributed by atoms with E-state index in [1.54, 1.807) is 81.5 Å². The van der Waals surface area contributed by atoms with Crippen molar-refractivity contribution in [2.24, 2.45) is 19.8 Å². The average Bonchev–Trinajstić information content (AvgIpc) is 1.59. The summed E-state index contributed by atoms with van der Waals surface area (Å²) in [4.78, 5) is 103. The summed E-state index contributed by atoms with van der Waals surface area (Å²) in [5.41, 5.74) is 10.8. The van der Waals surface area contributed by atoms with Crippen molar-refractivity contribution in [1.82, 2.24) is 39.0 Å². The number of halogens is 7. The number of H-pyrrole nitrogens is 1. The van der Waals surface area contributed by atoms with Gasteiger partial charge in [0.15, 0.2) is 14.6 Å². The predicted molar refractivity (Wildman–Crippen MR) is 530 cm³/mol. The summed E-state index contributed by atoms with van der Waals surface area (Å²) >= 11 is 5.59. The Morgan fingerprint density at radius 2 is 1.04 bits per heavy atom. The van der Waals surface area contributed by atoms with Crippen molar-refractivity contribution in [3.8, 4) is 17.2 Å². The third-order valence-corrected chi connectivity index (χ3v) is 23.9. The Hall–Kier alpha value is -12.8. The van der Waals surface area contributed by atoms with Crippen LogP contribution in [0.5, 0.6) is 17.2 Å². The number of alkyl halides is 4. The maximum Gasteiger partial charge on any atom is 0.330 e. The first-order chi connectivity index (χ1) is 67.1. The molecule has 6 N–H and O–H groups in total. The number of benzene rings is 6. The number of methoxy groups -OCH3 is 3. The maximum absolute atomic E-state index is 14.8. The van der Waals surface area contributed by atoms with E-state index in [4.69, 9.17) is 60.0 Å². The van der Waals surface area contributed by atoms with Gasteiger partial charge in [-0.1, -0.05) is 126 Å². The molecule has 2 atom stereocenters. The zero-order valence-corrected chi connectivity index (χ0v) is 84.1. The zero-order chi connectivity index (χ0) is 104. The van der Waals surface area contributed by atoms with E-state index in [9.17, 15) is 59.9 Å². The second-order valence-electron chi connectivity index (χ2n) is 34.7. The lowest BCUT2D eigenvalue weighted by atomic mass is 10.0. The van der Waals surface area contributed by atoms with E-state index in [1.807, 2.05) is 118 Å². The highest BCUT2D eigenvalue weighted by molar-refractivity contribution is 6.69. The van der Waals surface area contributed by atoms with Gasteiger partial charge in [0, 0.05) is 50.5 Å². The van der Waals surface area contributed by atoms with Crippen LogP contribution in [0.4, 0.5) is 38.0 Å². The fourth-order valence-corrected chi connectivity index (χ4v) is 15.8. The van der Waals surface area contributed by atoms with Crippen molar-refractivity contribution in [1.29, 1.82) is 0 Å². The molecule has 16 rings (SSSR count). The highest BCUT2D eigenvalue weighted by Crippen LogP contribution is 2.51. The number of nitrogens with one attached hydrogen (secondary N) is 3. The van der Waals surface area contributed by atoms with Crippen LogP contribution >= 0.6 is 11.6 Å². The fourth-order valence-electron chi connectivity index (χ4n) is 14.0. The summed E-state index contributed by atoms with van der Waals surface area (Å²) in [6.45, 7) is 25.4. The monoisotopic (exact) mass is 1990 g/mol. The second kappa shape index (κ2) is 53.7. The number of allylic oxidation sites excluding steroid dienone is 1. The number of aromatic amines is 1. The molecule has 37 heteroatoms. The van der Waals surface area contributed by atoms with Crippen LogP contribution in [0, 0.1) is 18.6 Å². The molecular formula is C104H126ClF6N11O18Si. The number of nitrogens with two attached hydrogens (primary N) is 1. The molecule has 0 saturated heterocycles. The van der Waals surface area contributed by atoms with Crippen LogP contribution in [0.25, 0.3) is 22.1 Å². The largest absolute Gasteiger partial charge is 0.497 e. The first kappa shape index (κ1) is 113. The minimum absolute atomic E-state index is 0.0843. The number of anilines is 2. The highest BCUT2D eigenvalue weighted by Gasteiger charge is 2.50. The molecule has 5 fully saturated rings. The van der Waals surface area contributed by atoms with Gasteiger partial charge in [0.1, 0.15) is 69.6 Å². The zero-order valence-electron chi connectivity index (χ0n) is 82.3. The summed E-state index contributed by atoms with van der Waals surface area (Å²) in [5, 5.41) is 15.6. The molecule has 11 aromatic rings. The molecule has 0 radical (unpaired) electrons. The van der Waals surface area contributed by atoms with Crippen molar-refractivity contribution >= 4 is 77.8 Å². The lowest BCUT2D eigenvalue weighted by Crippen LogP contribution is -2.31. The van der Waals surface area contributed by atoms with Crippen LogP contribution in [0.2, 0.25) is 24.8 Å². The van der Waals surface area contributed by atoms with Crippen LogP contribution in [-0.2, 0) is 99.0 Å². The molecule has 5 aromatic heterocycles. The summed E-state index contributed by atoms with van der Waals surface area (Å²) in [7, 11) is 8.54. The Balaban J connectivity index is 0.000000207. The Kier molecular flexibility index (Phi) is 43.2. The van der Waals surface area contributed by atoms with Gasteiger partial charge in [-0.15, -0.1) is 0 Å². The normalized spacial score (nSPS) is 14.4. The molecule has 141 heavy (non-hydrogen) atoms. The highest BCUT2D eigenvalue weighted by atomic mass is 35.5. The Morgan fingerprint density at radius 3 is 1.43 bits per heavy atom. The number of hydrogen-bond donors (Lipinski definition) is 5. The molecule has 0 spiro atoms. The van der Waals surface area contributed by atoms with E-state index in [2.05, 4.69) is 83.2 Å². The molecule has 6 aromatic carbocycles. The van der Waals surface area contributed by atoms with Gasteiger partial charge in [0.05, 0.1) is 147 Å². The van der Waals surface area contributed by atoms with Gasteiger partial charge in [0.2, 0.25) is 0 Å². The number of aromatic nitrogens is 8. The molecular weight excluding hydrogens is 1870 g/mol. The van der Waals surface area contributed by atoms with Crippen molar-refractivity contribution in [2.45, 2.75) is 213 Å². The van der Waals surface area contributed by atoms with Crippen molar-refractivity contribution in [3.05, 3.63) is 303 Å². The Labute approximate surface area is 822 Å².